The number of hydrogen-bond acceptors (Lipinski definition) is 3. The zero-order valence-corrected chi connectivity index (χ0v) is 18.4. The molecule has 0 radical (unpaired) electrons. The summed E-state index contributed by atoms with van der Waals surface area (Å²) in [6.45, 7) is 0. The lowest BCUT2D eigenvalue weighted by molar-refractivity contribution is 0.0827. The van der Waals surface area contributed by atoms with Crippen molar-refractivity contribution in [2.45, 2.75) is 0 Å². The summed E-state index contributed by atoms with van der Waals surface area (Å²) in [6.07, 6.45) is 1.72. The Balaban J connectivity index is 1.62. The lowest BCUT2D eigenvalue weighted by atomic mass is 10.1. The Hall–Kier alpha value is -3.90. The van der Waals surface area contributed by atoms with Crippen LogP contribution in [-0.4, -0.2) is 40.6 Å². The van der Waals surface area contributed by atoms with Gasteiger partial charge in [-0.2, -0.15) is 5.10 Å². The van der Waals surface area contributed by atoms with Crippen molar-refractivity contribution in [3.8, 4) is 16.9 Å². The lowest BCUT2D eigenvalue weighted by Gasteiger charge is -2.13. The summed E-state index contributed by atoms with van der Waals surface area (Å²) in [5, 5.41) is 7.59. The van der Waals surface area contributed by atoms with E-state index in [1.165, 1.54) is 4.90 Å². The largest absolute Gasteiger partial charge is 0.345 e. The number of anilines is 1. The molecule has 0 spiro atoms. The van der Waals surface area contributed by atoms with Crippen LogP contribution in [0.5, 0.6) is 0 Å². The van der Waals surface area contributed by atoms with E-state index >= 15 is 0 Å². The summed E-state index contributed by atoms with van der Waals surface area (Å²) in [4.78, 5) is 26.7. The number of benzene rings is 3. The van der Waals surface area contributed by atoms with E-state index in [1.54, 1.807) is 61.4 Å². The average Bonchev–Trinajstić information content (AvgIpc) is 3.30. The van der Waals surface area contributed by atoms with Gasteiger partial charge in [0.25, 0.3) is 11.8 Å². The molecule has 0 aliphatic heterocycles. The molecule has 0 bridgehead atoms. The number of aromatic nitrogens is 2. The Labute approximate surface area is 191 Å². The van der Waals surface area contributed by atoms with Gasteiger partial charge in [-0.1, -0.05) is 48.0 Å². The van der Waals surface area contributed by atoms with Crippen LogP contribution in [0, 0.1) is 0 Å². The molecule has 0 aliphatic rings. The minimum absolute atomic E-state index is 0.175. The third kappa shape index (κ3) is 4.40. The first-order chi connectivity index (χ1) is 15.4. The Bertz CT molecular complexity index is 1280. The molecule has 4 aromatic rings. The van der Waals surface area contributed by atoms with E-state index in [2.05, 4.69) is 10.4 Å². The topological polar surface area (TPSA) is 67.2 Å². The second-order valence-electron chi connectivity index (χ2n) is 7.39. The zero-order chi connectivity index (χ0) is 22.7. The van der Waals surface area contributed by atoms with Crippen molar-refractivity contribution in [3.63, 3.8) is 0 Å². The van der Waals surface area contributed by atoms with Gasteiger partial charge in [-0.25, -0.2) is 4.68 Å². The molecule has 0 unspecified atom stereocenters. The van der Waals surface area contributed by atoms with Gasteiger partial charge in [0.05, 0.1) is 28.3 Å². The summed E-state index contributed by atoms with van der Waals surface area (Å²) >= 11 is 6.26. The highest BCUT2D eigenvalue weighted by Crippen LogP contribution is 2.26. The van der Waals surface area contributed by atoms with Crippen LogP contribution >= 0.6 is 11.6 Å². The zero-order valence-electron chi connectivity index (χ0n) is 17.6. The predicted molar refractivity (Wildman–Crippen MR) is 126 cm³/mol. The standard InChI is InChI=1S/C25H21ClN4O2/c1-29(2)25(32)19-11-12-21(26)22(16-19)28-24(31)18-9-6-10-20(15-18)30-23(13-14-27-30)17-7-4-3-5-8-17/h3-16H,1-2H3,(H,28,31). The fourth-order valence-corrected chi connectivity index (χ4v) is 3.49. The maximum atomic E-state index is 13.0. The molecule has 160 valence electrons. The molecule has 6 nitrogen and oxygen atoms in total. The summed E-state index contributed by atoms with van der Waals surface area (Å²) in [5.74, 6) is -0.511. The van der Waals surface area contributed by atoms with Crippen LogP contribution in [0.3, 0.4) is 0 Å². The van der Waals surface area contributed by atoms with Crippen molar-refractivity contribution in [2.24, 2.45) is 0 Å². The van der Waals surface area contributed by atoms with Gasteiger partial charge in [0.2, 0.25) is 0 Å². The van der Waals surface area contributed by atoms with Crippen molar-refractivity contribution in [2.75, 3.05) is 19.4 Å². The molecule has 0 fully saturated rings. The monoisotopic (exact) mass is 444 g/mol. The van der Waals surface area contributed by atoms with Crippen molar-refractivity contribution in [3.05, 3.63) is 101 Å². The van der Waals surface area contributed by atoms with Crippen LogP contribution < -0.4 is 5.32 Å². The van der Waals surface area contributed by atoms with Gasteiger partial charge >= 0.3 is 0 Å². The average molecular weight is 445 g/mol. The normalized spacial score (nSPS) is 10.6. The molecule has 1 aromatic heterocycles. The Kier molecular flexibility index (Phi) is 6.05. The number of hydrogen-bond donors (Lipinski definition) is 1. The molecule has 32 heavy (non-hydrogen) atoms. The highest BCUT2D eigenvalue weighted by molar-refractivity contribution is 6.34. The third-order valence-electron chi connectivity index (χ3n) is 4.93. The first kappa shape index (κ1) is 21.3. The van der Waals surface area contributed by atoms with Crippen LogP contribution in [0.15, 0.2) is 85.1 Å². The second-order valence-corrected chi connectivity index (χ2v) is 7.80. The summed E-state index contributed by atoms with van der Waals surface area (Å²) in [5.41, 5.74) is 3.95. The Morgan fingerprint density at radius 1 is 0.906 bits per heavy atom. The number of carbonyl (C=O) groups excluding carboxylic acids is 2. The second kappa shape index (κ2) is 9.08. The SMILES string of the molecule is CN(C)C(=O)c1ccc(Cl)c(NC(=O)c2cccc(-n3nccc3-c3ccccc3)c2)c1. The molecule has 0 atom stereocenters. The van der Waals surface area contributed by atoms with E-state index in [4.69, 9.17) is 11.6 Å². The molecule has 4 rings (SSSR count). The molecular weight excluding hydrogens is 424 g/mol. The van der Waals surface area contributed by atoms with Gasteiger partial charge < -0.3 is 10.2 Å². The number of halogens is 1. The maximum Gasteiger partial charge on any atom is 0.255 e. The number of rotatable bonds is 5. The molecule has 0 saturated carbocycles. The van der Waals surface area contributed by atoms with Crippen LogP contribution in [0.2, 0.25) is 5.02 Å². The van der Waals surface area contributed by atoms with Crippen molar-refractivity contribution < 1.29 is 9.59 Å². The number of nitrogens with zero attached hydrogens (tertiary/aromatic N) is 3. The maximum absolute atomic E-state index is 13.0. The molecule has 1 N–H and O–H groups in total. The minimum Gasteiger partial charge on any atom is -0.345 e. The van der Waals surface area contributed by atoms with Crippen molar-refractivity contribution >= 4 is 29.1 Å². The number of amides is 2. The highest BCUT2D eigenvalue weighted by Gasteiger charge is 2.15. The quantitative estimate of drug-likeness (QED) is 0.463. The summed E-state index contributed by atoms with van der Waals surface area (Å²) < 4.78 is 1.79. The summed E-state index contributed by atoms with van der Waals surface area (Å²) in [7, 11) is 3.33. The molecule has 3 aromatic carbocycles. The van der Waals surface area contributed by atoms with Crippen LogP contribution in [0.1, 0.15) is 20.7 Å². The molecule has 7 heteroatoms. The van der Waals surface area contributed by atoms with E-state index in [0.717, 1.165) is 16.9 Å². The minimum atomic E-state index is -0.336. The highest BCUT2D eigenvalue weighted by atomic mass is 35.5. The van der Waals surface area contributed by atoms with Crippen LogP contribution in [0.4, 0.5) is 5.69 Å². The molecule has 2 amide bonds. The van der Waals surface area contributed by atoms with E-state index in [0.29, 0.717) is 21.8 Å². The Morgan fingerprint density at radius 2 is 1.69 bits per heavy atom. The smallest absolute Gasteiger partial charge is 0.255 e. The molecule has 0 saturated heterocycles. The van der Waals surface area contributed by atoms with E-state index in [9.17, 15) is 9.59 Å². The number of nitrogens with one attached hydrogen (secondary N) is 1. The van der Waals surface area contributed by atoms with Crippen molar-refractivity contribution in [1.29, 1.82) is 0 Å². The first-order valence-electron chi connectivity index (χ1n) is 9.96. The van der Waals surface area contributed by atoms with E-state index in [-0.39, 0.29) is 11.8 Å². The van der Waals surface area contributed by atoms with Crippen LogP contribution in [-0.2, 0) is 0 Å². The Morgan fingerprint density at radius 3 is 2.44 bits per heavy atom. The van der Waals surface area contributed by atoms with Gasteiger partial charge in [0, 0.05) is 30.8 Å². The fraction of sp³-hybridized carbons (Fsp3) is 0.0800. The van der Waals surface area contributed by atoms with E-state index < -0.39 is 0 Å². The molecule has 0 aliphatic carbocycles. The summed E-state index contributed by atoms with van der Waals surface area (Å²) in [6, 6.07) is 23.8. The van der Waals surface area contributed by atoms with Gasteiger partial charge in [-0.05, 0) is 42.5 Å². The van der Waals surface area contributed by atoms with Gasteiger partial charge in [0.1, 0.15) is 0 Å². The van der Waals surface area contributed by atoms with Gasteiger partial charge in [0.15, 0.2) is 0 Å². The van der Waals surface area contributed by atoms with Crippen molar-refractivity contribution in [1.82, 2.24) is 14.7 Å². The lowest BCUT2D eigenvalue weighted by Crippen LogP contribution is -2.22. The molecule has 1 heterocycles. The molecular formula is C25H21ClN4O2. The van der Waals surface area contributed by atoms with Gasteiger partial charge in [-0.15, -0.1) is 0 Å². The van der Waals surface area contributed by atoms with E-state index in [1.807, 2.05) is 42.5 Å². The number of carbonyl (C=O) groups is 2. The third-order valence-corrected chi connectivity index (χ3v) is 5.26. The fourth-order valence-electron chi connectivity index (χ4n) is 3.32. The van der Waals surface area contributed by atoms with Crippen LogP contribution in [0.25, 0.3) is 16.9 Å². The predicted octanol–water partition coefficient (Wildman–Crippen LogP) is 5.15. The first-order valence-corrected chi connectivity index (χ1v) is 10.3. The van der Waals surface area contributed by atoms with Gasteiger partial charge in [-0.3, -0.25) is 9.59 Å².